The number of imide groups is 1. The molecule has 112 valence electrons. The molecule has 1 aromatic heterocycles. The lowest BCUT2D eigenvalue weighted by molar-refractivity contribution is -0.135. The number of carbonyl (C=O) groups excluding carboxylic acids is 3. The van der Waals surface area contributed by atoms with Crippen LogP contribution in [0, 0.1) is 6.92 Å². The molecule has 0 saturated carbocycles. The van der Waals surface area contributed by atoms with Gasteiger partial charge in [0.15, 0.2) is 0 Å². The summed E-state index contributed by atoms with van der Waals surface area (Å²) < 4.78 is 0. The van der Waals surface area contributed by atoms with Gasteiger partial charge in [-0.2, -0.15) is 0 Å². The number of para-hydroxylation sites is 1. The van der Waals surface area contributed by atoms with Crippen LogP contribution in [0.4, 0.5) is 11.5 Å². The number of amides is 3. The molecule has 0 bridgehead atoms. The van der Waals surface area contributed by atoms with Gasteiger partial charge in [-0.25, -0.2) is 4.98 Å². The Morgan fingerprint density at radius 3 is 2.41 bits per heavy atom. The lowest BCUT2D eigenvalue weighted by Gasteiger charge is -2.07. The molecule has 22 heavy (non-hydrogen) atoms. The first-order valence-corrected chi connectivity index (χ1v) is 6.41. The molecule has 0 aliphatic heterocycles. The molecule has 7 heteroatoms. The predicted molar refractivity (Wildman–Crippen MR) is 80.9 cm³/mol. The Bertz CT molecular complexity index is 726. The van der Waals surface area contributed by atoms with E-state index >= 15 is 0 Å². The van der Waals surface area contributed by atoms with E-state index in [1.54, 1.807) is 30.5 Å². The molecule has 0 fully saturated rings. The number of benzene rings is 1. The van der Waals surface area contributed by atoms with Crippen LogP contribution in [0.25, 0.3) is 0 Å². The van der Waals surface area contributed by atoms with Crippen molar-refractivity contribution in [3.05, 3.63) is 53.7 Å². The minimum absolute atomic E-state index is 0.122. The van der Waals surface area contributed by atoms with Gasteiger partial charge in [-0.05, 0) is 30.7 Å². The summed E-state index contributed by atoms with van der Waals surface area (Å²) in [4.78, 5) is 39.2. The Hall–Kier alpha value is -3.22. The van der Waals surface area contributed by atoms with Gasteiger partial charge < -0.3 is 11.1 Å². The average Bonchev–Trinajstić information content (AvgIpc) is 2.49. The maximum Gasteiger partial charge on any atom is 0.316 e. The van der Waals surface area contributed by atoms with Crippen molar-refractivity contribution in [3.63, 3.8) is 0 Å². The van der Waals surface area contributed by atoms with E-state index in [0.29, 0.717) is 0 Å². The highest BCUT2D eigenvalue weighted by molar-refractivity contribution is 6.42. The van der Waals surface area contributed by atoms with Crippen LogP contribution < -0.4 is 16.4 Å². The summed E-state index contributed by atoms with van der Waals surface area (Å²) in [6.45, 7) is 1.84. The van der Waals surface area contributed by atoms with E-state index < -0.39 is 17.7 Å². The molecular formula is C15H14N4O3. The monoisotopic (exact) mass is 298 g/mol. The summed E-state index contributed by atoms with van der Waals surface area (Å²) in [6.07, 6.45) is 1.54. The molecule has 0 aliphatic rings. The van der Waals surface area contributed by atoms with Crippen molar-refractivity contribution >= 4 is 29.2 Å². The average molecular weight is 298 g/mol. The second-order valence-electron chi connectivity index (χ2n) is 4.55. The van der Waals surface area contributed by atoms with Gasteiger partial charge in [0.05, 0.1) is 5.56 Å². The number of hydrogen-bond donors (Lipinski definition) is 3. The van der Waals surface area contributed by atoms with Crippen LogP contribution in [0.2, 0.25) is 0 Å². The highest BCUT2D eigenvalue weighted by Gasteiger charge is 2.19. The van der Waals surface area contributed by atoms with Gasteiger partial charge in [0.25, 0.3) is 5.91 Å². The third kappa shape index (κ3) is 3.66. The quantitative estimate of drug-likeness (QED) is 0.562. The Morgan fingerprint density at radius 1 is 1.05 bits per heavy atom. The van der Waals surface area contributed by atoms with E-state index in [0.717, 1.165) is 5.56 Å². The number of hydrogen-bond acceptors (Lipinski definition) is 5. The minimum atomic E-state index is -1.09. The summed E-state index contributed by atoms with van der Waals surface area (Å²) in [5, 5.41) is 4.27. The highest BCUT2D eigenvalue weighted by Crippen LogP contribution is 2.10. The molecule has 0 aliphatic carbocycles. The second-order valence-corrected chi connectivity index (χ2v) is 4.55. The third-order valence-electron chi connectivity index (χ3n) is 2.79. The van der Waals surface area contributed by atoms with Crippen LogP contribution in [-0.2, 0) is 9.59 Å². The van der Waals surface area contributed by atoms with Gasteiger partial charge in [0.1, 0.15) is 5.82 Å². The number of rotatable bonds is 2. The smallest absolute Gasteiger partial charge is 0.316 e. The van der Waals surface area contributed by atoms with Crippen molar-refractivity contribution in [2.24, 2.45) is 0 Å². The standard InChI is InChI=1S/C15H14N4O3/c1-9-6-7-12(17-8-9)18-14(21)15(22)19-13(20)10-4-2-3-5-11(10)16/h2-8H,16H2,1H3,(H,17,18,21)(H,19,20,22). The highest BCUT2D eigenvalue weighted by atomic mass is 16.2. The molecule has 0 unspecified atom stereocenters. The zero-order chi connectivity index (χ0) is 16.1. The van der Waals surface area contributed by atoms with Gasteiger partial charge >= 0.3 is 11.8 Å². The molecule has 1 aromatic carbocycles. The van der Waals surface area contributed by atoms with E-state index in [2.05, 4.69) is 10.3 Å². The summed E-state index contributed by atoms with van der Waals surface area (Å²) in [7, 11) is 0. The minimum Gasteiger partial charge on any atom is -0.398 e. The fourth-order valence-electron chi connectivity index (χ4n) is 1.65. The first-order chi connectivity index (χ1) is 10.5. The van der Waals surface area contributed by atoms with E-state index in [-0.39, 0.29) is 17.1 Å². The number of aromatic nitrogens is 1. The van der Waals surface area contributed by atoms with E-state index in [1.165, 1.54) is 12.1 Å². The van der Waals surface area contributed by atoms with Crippen molar-refractivity contribution in [2.75, 3.05) is 11.1 Å². The number of nitrogens with two attached hydrogens (primary N) is 1. The normalized spacial score (nSPS) is 9.86. The lowest BCUT2D eigenvalue weighted by atomic mass is 10.1. The Kier molecular flexibility index (Phi) is 4.47. The maximum absolute atomic E-state index is 11.9. The van der Waals surface area contributed by atoms with Gasteiger partial charge in [-0.15, -0.1) is 0 Å². The van der Waals surface area contributed by atoms with Crippen molar-refractivity contribution in [2.45, 2.75) is 6.92 Å². The van der Waals surface area contributed by atoms with Crippen LogP contribution >= 0.6 is 0 Å². The fourth-order valence-corrected chi connectivity index (χ4v) is 1.65. The van der Waals surface area contributed by atoms with E-state index in [9.17, 15) is 14.4 Å². The summed E-state index contributed by atoms with van der Waals surface area (Å²) in [6, 6.07) is 9.52. The van der Waals surface area contributed by atoms with Crippen molar-refractivity contribution in [1.82, 2.24) is 10.3 Å². The predicted octanol–water partition coefficient (Wildman–Crippen LogP) is 0.867. The molecule has 3 amide bonds. The summed E-state index contributed by atoms with van der Waals surface area (Å²) in [5.74, 6) is -2.60. The van der Waals surface area contributed by atoms with Crippen LogP contribution in [0.5, 0.6) is 0 Å². The molecular weight excluding hydrogens is 284 g/mol. The number of anilines is 2. The van der Waals surface area contributed by atoms with Crippen LogP contribution in [-0.4, -0.2) is 22.7 Å². The molecule has 2 rings (SSSR count). The largest absolute Gasteiger partial charge is 0.398 e. The maximum atomic E-state index is 11.9. The number of nitrogens with one attached hydrogen (secondary N) is 2. The molecule has 0 spiro atoms. The van der Waals surface area contributed by atoms with Crippen LogP contribution in [0.15, 0.2) is 42.6 Å². The van der Waals surface area contributed by atoms with Gasteiger partial charge in [0, 0.05) is 11.9 Å². The number of nitrogen functional groups attached to an aromatic ring is 1. The summed E-state index contributed by atoms with van der Waals surface area (Å²) >= 11 is 0. The number of nitrogens with zero attached hydrogens (tertiary/aromatic N) is 1. The SMILES string of the molecule is Cc1ccc(NC(=O)C(=O)NC(=O)c2ccccc2N)nc1. The molecule has 0 atom stereocenters. The Morgan fingerprint density at radius 2 is 1.77 bits per heavy atom. The first kappa shape index (κ1) is 15.2. The van der Waals surface area contributed by atoms with Crippen LogP contribution in [0.1, 0.15) is 15.9 Å². The molecule has 4 N–H and O–H groups in total. The molecule has 0 radical (unpaired) electrons. The molecule has 0 saturated heterocycles. The number of carbonyl (C=O) groups is 3. The van der Waals surface area contributed by atoms with Crippen LogP contribution in [0.3, 0.4) is 0 Å². The van der Waals surface area contributed by atoms with Crippen molar-refractivity contribution < 1.29 is 14.4 Å². The van der Waals surface area contributed by atoms with E-state index in [4.69, 9.17) is 5.73 Å². The zero-order valence-electron chi connectivity index (χ0n) is 11.8. The number of pyridine rings is 1. The molecule has 1 heterocycles. The third-order valence-corrected chi connectivity index (χ3v) is 2.79. The van der Waals surface area contributed by atoms with Gasteiger partial charge in [-0.3, -0.25) is 19.7 Å². The molecule has 2 aromatic rings. The summed E-state index contributed by atoms with van der Waals surface area (Å²) in [5.41, 5.74) is 6.88. The van der Waals surface area contributed by atoms with Crippen molar-refractivity contribution in [1.29, 1.82) is 0 Å². The Balaban J connectivity index is 1.99. The molecule has 7 nitrogen and oxygen atoms in total. The van der Waals surface area contributed by atoms with Gasteiger partial charge in [-0.1, -0.05) is 18.2 Å². The van der Waals surface area contributed by atoms with E-state index in [1.807, 2.05) is 12.2 Å². The second kappa shape index (κ2) is 6.49. The van der Waals surface area contributed by atoms with Gasteiger partial charge in [0.2, 0.25) is 0 Å². The van der Waals surface area contributed by atoms with Crippen molar-refractivity contribution in [3.8, 4) is 0 Å². The fraction of sp³-hybridized carbons (Fsp3) is 0.0667. The number of aryl methyl sites for hydroxylation is 1. The lowest BCUT2D eigenvalue weighted by Crippen LogP contribution is -2.39. The zero-order valence-corrected chi connectivity index (χ0v) is 11.8. The Labute approximate surface area is 126 Å². The topological polar surface area (TPSA) is 114 Å². The first-order valence-electron chi connectivity index (χ1n) is 6.41.